The van der Waals surface area contributed by atoms with Crippen molar-refractivity contribution in [3.05, 3.63) is 34.6 Å². The highest BCUT2D eigenvalue weighted by atomic mass is 32.1. The molecule has 0 atom stereocenters. The molecule has 0 radical (unpaired) electrons. The number of rotatable bonds is 3. The predicted octanol–water partition coefficient (Wildman–Crippen LogP) is 3.54. The first-order valence-electron chi connectivity index (χ1n) is 7.06. The Balaban J connectivity index is 1.85. The van der Waals surface area contributed by atoms with E-state index >= 15 is 0 Å². The topological polar surface area (TPSA) is 21.1 Å². The van der Waals surface area contributed by atoms with Gasteiger partial charge in [0.1, 0.15) is 0 Å². The first-order chi connectivity index (χ1) is 9.25. The lowest BCUT2D eigenvalue weighted by Crippen LogP contribution is -2.29. The van der Waals surface area contributed by atoms with Crippen molar-refractivity contribution >= 4 is 11.3 Å². The molecule has 1 fully saturated rings. The normalized spacial score (nSPS) is 16.9. The zero-order valence-electron chi connectivity index (χ0n) is 11.7. The lowest BCUT2D eigenvalue weighted by molar-refractivity contribution is 0.220. The van der Waals surface area contributed by atoms with Gasteiger partial charge in [0.25, 0.3) is 0 Å². The smallest absolute Gasteiger partial charge is 0.193 e. The van der Waals surface area contributed by atoms with E-state index in [1.165, 1.54) is 49.3 Å². The van der Waals surface area contributed by atoms with Crippen LogP contribution in [0.5, 0.6) is 0 Å². The Morgan fingerprint density at radius 1 is 1.21 bits per heavy atom. The summed E-state index contributed by atoms with van der Waals surface area (Å²) in [6, 6.07) is 2.32. The maximum atomic E-state index is 4.44. The summed E-state index contributed by atoms with van der Waals surface area (Å²) in [7, 11) is 0. The standard InChI is InChI=1S/C15H21N3S/c1-12-10-14(11-17-7-4-3-5-8-17)13(2)18(12)15-16-6-9-19-15/h6,9-10H,3-5,7-8,11H2,1-2H3. The summed E-state index contributed by atoms with van der Waals surface area (Å²) in [6.07, 6.45) is 5.98. The molecule has 2 aromatic rings. The highest BCUT2D eigenvalue weighted by Crippen LogP contribution is 2.24. The molecule has 3 nitrogen and oxygen atoms in total. The number of aryl methyl sites for hydroxylation is 1. The van der Waals surface area contributed by atoms with Crippen LogP contribution in [-0.2, 0) is 6.54 Å². The van der Waals surface area contributed by atoms with E-state index in [2.05, 4.69) is 34.4 Å². The van der Waals surface area contributed by atoms with Gasteiger partial charge in [0.15, 0.2) is 5.13 Å². The zero-order valence-corrected chi connectivity index (χ0v) is 12.5. The average Bonchev–Trinajstić information content (AvgIpc) is 3.01. The van der Waals surface area contributed by atoms with Crippen LogP contribution in [0.4, 0.5) is 0 Å². The second kappa shape index (κ2) is 5.47. The molecule has 0 bridgehead atoms. The van der Waals surface area contributed by atoms with Crippen LogP contribution >= 0.6 is 11.3 Å². The lowest BCUT2D eigenvalue weighted by Gasteiger charge is -2.26. The van der Waals surface area contributed by atoms with Crippen molar-refractivity contribution in [2.45, 2.75) is 39.7 Å². The number of likely N-dealkylation sites (tertiary alicyclic amines) is 1. The zero-order chi connectivity index (χ0) is 13.2. The second-order valence-electron chi connectivity index (χ2n) is 5.38. The largest absolute Gasteiger partial charge is 0.299 e. The quantitative estimate of drug-likeness (QED) is 0.854. The van der Waals surface area contributed by atoms with Crippen LogP contribution in [0.3, 0.4) is 0 Å². The Labute approximate surface area is 118 Å². The number of piperidine rings is 1. The van der Waals surface area contributed by atoms with Gasteiger partial charge in [-0.25, -0.2) is 4.98 Å². The van der Waals surface area contributed by atoms with Crippen molar-refractivity contribution in [2.24, 2.45) is 0 Å². The van der Waals surface area contributed by atoms with Crippen molar-refractivity contribution in [1.29, 1.82) is 0 Å². The molecule has 102 valence electrons. The van der Waals surface area contributed by atoms with Gasteiger partial charge < -0.3 is 0 Å². The van der Waals surface area contributed by atoms with Crippen LogP contribution in [0.1, 0.15) is 36.2 Å². The van der Waals surface area contributed by atoms with Crippen molar-refractivity contribution < 1.29 is 0 Å². The molecule has 0 N–H and O–H groups in total. The summed E-state index contributed by atoms with van der Waals surface area (Å²) in [4.78, 5) is 7.02. The first-order valence-corrected chi connectivity index (χ1v) is 7.94. The molecule has 3 heterocycles. The Bertz CT molecular complexity index is 536. The van der Waals surface area contributed by atoms with Gasteiger partial charge in [-0.15, -0.1) is 11.3 Å². The van der Waals surface area contributed by atoms with Gasteiger partial charge in [0.05, 0.1) is 0 Å². The van der Waals surface area contributed by atoms with E-state index in [4.69, 9.17) is 0 Å². The van der Waals surface area contributed by atoms with Gasteiger partial charge in [-0.1, -0.05) is 6.42 Å². The summed E-state index contributed by atoms with van der Waals surface area (Å²) >= 11 is 1.70. The fourth-order valence-corrected chi connectivity index (χ4v) is 3.72. The second-order valence-corrected chi connectivity index (χ2v) is 6.26. The van der Waals surface area contributed by atoms with E-state index in [1.54, 1.807) is 11.3 Å². The van der Waals surface area contributed by atoms with Crippen LogP contribution < -0.4 is 0 Å². The lowest BCUT2D eigenvalue weighted by atomic mass is 10.1. The Hall–Kier alpha value is -1.13. The van der Waals surface area contributed by atoms with E-state index < -0.39 is 0 Å². The van der Waals surface area contributed by atoms with E-state index in [0.717, 1.165) is 11.7 Å². The summed E-state index contributed by atoms with van der Waals surface area (Å²) < 4.78 is 2.28. The van der Waals surface area contributed by atoms with Gasteiger partial charge in [0.2, 0.25) is 0 Å². The summed E-state index contributed by atoms with van der Waals surface area (Å²) in [5.41, 5.74) is 4.09. The molecule has 0 aliphatic carbocycles. The predicted molar refractivity (Wildman–Crippen MR) is 80.0 cm³/mol. The van der Waals surface area contributed by atoms with Crippen LogP contribution in [0.25, 0.3) is 5.13 Å². The maximum Gasteiger partial charge on any atom is 0.193 e. The van der Waals surface area contributed by atoms with Crippen LogP contribution in [0.2, 0.25) is 0 Å². The highest BCUT2D eigenvalue weighted by molar-refractivity contribution is 7.12. The number of hydrogen-bond donors (Lipinski definition) is 0. The van der Waals surface area contributed by atoms with Crippen LogP contribution in [0, 0.1) is 13.8 Å². The molecule has 4 heteroatoms. The molecular weight excluding hydrogens is 254 g/mol. The molecule has 1 aliphatic heterocycles. The SMILES string of the molecule is Cc1cc(CN2CCCCC2)c(C)n1-c1nccs1. The Kier molecular flexibility index (Phi) is 3.71. The molecule has 0 amide bonds. The molecule has 0 spiro atoms. The Morgan fingerprint density at radius 3 is 2.68 bits per heavy atom. The molecule has 3 rings (SSSR count). The average molecular weight is 275 g/mol. The third kappa shape index (κ3) is 2.60. The molecule has 19 heavy (non-hydrogen) atoms. The summed E-state index contributed by atoms with van der Waals surface area (Å²) in [5.74, 6) is 0. The minimum Gasteiger partial charge on any atom is -0.299 e. The minimum absolute atomic E-state index is 1.08. The van der Waals surface area contributed by atoms with Gasteiger partial charge in [-0.3, -0.25) is 9.47 Å². The van der Waals surface area contributed by atoms with Crippen LogP contribution in [0.15, 0.2) is 17.6 Å². The molecular formula is C15H21N3S. The monoisotopic (exact) mass is 275 g/mol. The van der Waals surface area contributed by atoms with Crippen molar-refractivity contribution in [3.8, 4) is 5.13 Å². The van der Waals surface area contributed by atoms with Crippen LogP contribution in [-0.4, -0.2) is 27.5 Å². The molecule has 0 unspecified atom stereocenters. The van der Waals surface area contributed by atoms with Crippen molar-refractivity contribution in [3.63, 3.8) is 0 Å². The van der Waals surface area contributed by atoms with Gasteiger partial charge in [-0.05, 0) is 51.4 Å². The van der Waals surface area contributed by atoms with E-state index in [9.17, 15) is 0 Å². The fraction of sp³-hybridized carbons (Fsp3) is 0.533. The molecule has 2 aromatic heterocycles. The first kappa shape index (κ1) is 12.9. The maximum absolute atomic E-state index is 4.44. The molecule has 1 aliphatic rings. The Morgan fingerprint density at radius 2 is 2.00 bits per heavy atom. The molecule has 1 saturated heterocycles. The third-order valence-electron chi connectivity index (χ3n) is 3.99. The fourth-order valence-electron chi connectivity index (χ4n) is 2.97. The summed E-state index contributed by atoms with van der Waals surface area (Å²) in [5, 5.41) is 3.12. The van der Waals surface area contributed by atoms with E-state index in [1.807, 2.05) is 11.6 Å². The third-order valence-corrected chi connectivity index (χ3v) is 4.75. The molecule has 0 aromatic carbocycles. The van der Waals surface area contributed by atoms with E-state index in [-0.39, 0.29) is 0 Å². The summed E-state index contributed by atoms with van der Waals surface area (Å²) in [6.45, 7) is 7.98. The van der Waals surface area contributed by atoms with Crippen molar-refractivity contribution in [1.82, 2.24) is 14.5 Å². The number of nitrogens with zero attached hydrogens (tertiary/aromatic N) is 3. The van der Waals surface area contributed by atoms with Gasteiger partial charge in [-0.2, -0.15) is 0 Å². The number of hydrogen-bond acceptors (Lipinski definition) is 3. The number of aromatic nitrogens is 2. The minimum atomic E-state index is 1.08. The van der Waals surface area contributed by atoms with Crippen molar-refractivity contribution in [2.75, 3.05) is 13.1 Å². The van der Waals surface area contributed by atoms with E-state index in [0.29, 0.717) is 0 Å². The highest BCUT2D eigenvalue weighted by Gasteiger charge is 2.16. The van der Waals surface area contributed by atoms with Gasteiger partial charge in [0, 0.05) is 29.5 Å². The number of thiazole rings is 1. The molecule has 0 saturated carbocycles. The van der Waals surface area contributed by atoms with Gasteiger partial charge >= 0.3 is 0 Å².